The first-order chi connectivity index (χ1) is 58.4. The maximum Gasteiger partial charge on any atom is 0.330 e. The number of nitrogens with zero attached hydrogens (tertiary/aromatic N) is 3. The number of phenols is 3. The van der Waals surface area contributed by atoms with Crippen molar-refractivity contribution in [2.75, 3.05) is 12.8 Å². The lowest BCUT2D eigenvalue weighted by molar-refractivity contribution is -0.330. The molecule has 11 unspecified atom stereocenters. The molecular weight excluding hydrogens is 1690 g/mol. The number of ether oxygens (including phenoxy) is 6. The molecule has 7 aliphatic heterocycles. The summed E-state index contributed by atoms with van der Waals surface area (Å²) in [5, 5.41) is 146. The number of rotatable bonds is 19. The van der Waals surface area contributed by atoms with Crippen molar-refractivity contribution in [2.45, 2.75) is 175 Å². The Morgan fingerprint density at radius 1 is 0.683 bits per heavy atom. The third-order valence-corrected chi connectivity index (χ3v) is 23.3. The summed E-state index contributed by atoms with van der Waals surface area (Å²) in [5.74, 6) is -17.0. The minimum absolute atomic E-state index is 0.0714. The Hall–Kier alpha value is -11.3. The molecule has 15 rings (SSSR count). The molecule has 8 heterocycles. The molecule has 1 aromatic heterocycles. The number of hydrogen-bond acceptors (Lipinski definition) is 29. The zero-order valence-electron chi connectivity index (χ0n) is 66.2. The summed E-state index contributed by atoms with van der Waals surface area (Å²) in [5.41, 5.74) is 4.33. The smallest absolute Gasteiger partial charge is 0.330 e. The van der Waals surface area contributed by atoms with E-state index in [9.17, 15) is 65.4 Å². The third-order valence-electron chi connectivity index (χ3n) is 21.6. The molecule has 0 aliphatic carbocycles. The predicted molar refractivity (Wildman–Crippen MR) is 439 cm³/mol. The van der Waals surface area contributed by atoms with E-state index < -0.39 is 236 Å². The minimum atomic E-state index is -2.39. The lowest BCUT2D eigenvalue weighted by Gasteiger charge is -2.48. The quantitative estimate of drug-likeness (QED) is 0.0459. The molecule has 8 aromatic rings. The fourth-order valence-corrected chi connectivity index (χ4v) is 16.4. The summed E-state index contributed by atoms with van der Waals surface area (Å²) >= 11 is 21.4. The number of nitrogens with one attached hydrogen (secondary N) is 8. The number of carboxylic acids is 1. The largest absolute Gasteiger partial charge is 0.508 e. The number of aromatic nitrogens is 3. The number of aliphatic carboxylic acids is 1. The SMILES string of the molecule is CN[C@@H](CC(C)C)C(=O)N[C@H]1C(=O)N[C@@H](CC(N)=O)C(=O)NC2C(=O)NC3C(=O)N[C@H](C(=O)N[C@@H](C(=O)O)c4cc(O)cc(O)c4-c4cc3ccc4O)[C@H](O)c3ccc(c(Cl)c3)Oc3cc2cc(c3OC2OC(CSc3nnc(C)c(O)n3)C(O)C(O)C2OC2CC(C)(NCc3ccc(-c4ccc(Cl)cc4)cc3)C(O)C(C)O2)Oc2ccc(cc2Cl)[C@H]1O. The lowest BCUT2D eigenvalue weighted by Crippen LogP contribution is -2.65. The van der Waals surface area contributed by atoms with Crippen molar-refractivity contribution in [2.24, 2.45) is 11.7 Å². The molecule has 2 fully saturated rings. The van der Waals surface area contributed by atoms with Crippen molar-refractivity contribution >= 4 is 93.9 Å². The van der Waals surface area contributed by atoms with E-state index in [1.54, 1.807) is 26.0 Å². The van der Waals surface area contributed by atoms with Gasteiger partial charge >= 0.3 is 5.97 Å². The highest BCUT2D eigenvalue weighted by Gasteiger charge is 2.53. The molecule has 11 bridgehead atoms. The Bertz CT molecular complexity index is 5400. The number of carboxylic acid groups (broad SMARTS) is 1. The van der Waals surface area contributed by atoms with Crippen LogP contribution in [-0.2, 0) is 59.1 Å². The van der Waals surface area contributed by atoms with Crippen molar-refractivity contribution in [1.29, 1.82) is 0 Å². The number of aromatic hydroxyl groups is 4. The van der Waals surface area contributed by atoms with Gasteiger partial charge in [-0.2, -0.15) is 4.98 Å². The molecule has 7 amide bonds. The Morgan fingerprint density at radius 2 is 1.30 bits per heavy atom. The van der Waals surface area contributed by atoms with Crippen LogP contribution in [0.25, 0.3) is 22.3 Å². The predicted octanol–water partition coefficient (Wildman–Crippen LogP) is 5.26. The van der Waals surface area contributed by atoms with Gasteiger partial charge in [0, 0.05) is 52.0 Å². The van der Waals surface area contributed by atoms with Gasteiger partial charge in [-0.15, -0.1) is 10.2 Å². The van der Waals surface area contributed by atoms with Gasteiger partial charge in [0.2, 0.25) is 64.4 Å². The van der Waals surface area contributed by atoms with E-state index in [0.29, 0.717) is 5.02 Å². The molecule has 7 aliphatic rings. The number of benzene rings is 7. The summed E-state index contributed by atoms with van der Waals surface area (Å²) in [6, 6.07) is 14.2. The van der Waals surface area contributed by atoms with E-state index in [1.165, 1.54) is 26.1 Å². The van der Waals surface area contributed by atoms with Crippen LogP contribution in [0.4, 0.5) is 0 Å². The van der Waals surface area contributed by atoms with Crippen LogP contribution < -0.4 is 62.5 Å². The van der Waals surface area contributed by atoms with Crippen LogP contribution in [0.1, 0.15) is 116 Å². The number of carbonyl (C=O) groups is 8. The van der Waals surface area contributed by atoms with E-state index in [0.717, 1.165) is 95.2 Å². The highest BCUT2D eigenvalue weighted by molar-refractivity contribution is 7.99. The number of halogens is 3. The highest BCUT2D eigenvalue weighted by Crippen LogP contribution is 2.50. The van der Waals surface area contributed by atoms with Gasteiger partial charge in [0.15, 0.2) is 29.9 Å². The Balaban J connectivity index is 1.00. The van der Waals surface area contributed by atoms with Gasteiger partial charge in [-0.05, 0) is 146 Å². The summed E-state index contributed by atoms with van der Waals surface area (Å²) in [6.07, 6.45) is -18.7. The Morgan fingerprint density at radius 3 is 1.92 bits per heavy atom. The van der Waals surface area contributed by atoms with Crippen LogP contribution in [0.5, 0.6) is 51.9 Å². The highest BCUT2D eigenvalue weighted by atomic mass is 35.5. The zero-order chi connectivity index (χ0) is 88.5. The van der Waals surface area contributed by atoms with E-state index >= 15 is 24.0 Å². The maximum absolute atomic E-state index is 16.4. The molecule has 0 saturated carbocycles. The molecular formula is C83H87Cl3N12O24S. The molecule has 0 radical (unpaired) electrons. The second kappa shape index (κ2) is 37.4. The Labute approximate surface area is 720 Å². The minimum Gasteiger partial charge on any atom is -0.508 e. The normalized spacial score (nSPS) is 26.2. The van der Waals surface area contributed by atoms with Crippen LogP contribution in [0.2, 0.25) is 15.1 Å². The van der Waals surface area contributed by atoms with Crippen LogP contribution in [0.3, 0.4) is 0 Å². The number of carbonyl (C=O) groups excluding carboxylic acids is 7. The third kappa shape index (κ3) is 19.9. The molecule has 123 heavy (non-hydrogen) atoms. The van der Waals surface area contributed by atoms with Gasteiger partial charge in [-0.25, -0.2) is 4.79 Å². The molecule has 18 atom stereocenters. The van der Waals surface area contributed by atoms with E-state index in [4.69, 9.17) is 69.0 Å². The summed E-state index contributed by atoms with van der Waals surface area (Å²) in [4.78, 5) is 123. The number of aliphatic hydroxyl groups is 5. The number of aliphatic hydroxyl groups excluding tert-OH is 5. The first-order valence-corrected chi connectivity index (χ1v) is 40.7. The average molecular weight is 1780 g/mol. The first kappa shape index (κ1) is 89.5. The van der Waals surface area contributed by atoms with Crippen molar-refractivity contribution in [3.63, 3.8) is 0 Å². The van der Waals surface area contributed by atoms with E-state index in [-0.39, 0.29) is 69.4 Å². The molecule has 0 spiro atoms. The van der Waals surface area contributed by atoms with E-state index in [1.807, 2.05) is 50.2 Å². The van der Waals surface area contributed by atoms with Gasteiger partial charge in [-0.1, -0.05) is 115 Å². The number of thioether (sulfide) groups is 1. The monoisotopic (exact) mass is 1770 g/mol. The van der Waals surface area contributed by atoms with Crippen molar-refractivity contribution in [1.82, 2.24) is 57.7 Å². The lowest BCUT2D eigenvalue weighted by atomic mass is 9.84. The molecule has 2 saturated heterocycles. The van der Waals surface area contributed by atoms with Gasteiger partial charge < -0.3 is 128 Å². The summed E-state index contributed by atoms with van der Waals surface area (Å²) in [6.45, 7) is 8.57. The summed E-state index contributed by atoms with van der Waals surface area (Å²) in [7, 11) is 1.48. The van der Waals surface area contributed by atoms with Crippen LogP contribution >= 0.6 is 46.6 Å². The number of fused-ring (bicyclic) bond motifs is 15. The number of nitrogens with two attached hydrogens (primary N) is 1. The topological polar surface area (TPSA) is 555 Å². The summed E-state index contributed by atoms with van der Waals surface area (Å²) < 4.78 is 40.5. The van der Waals surface area contributed by atoms with Crippen LogP contribution in [0.15, 0.2) is 133 Å². The second-order valence-corrected chi connectivity index (χ2v) is 33.1. The molecule has 36 nitrogen and oxygen atoms in total. The number of phenolic OH excluding ortho intramolecular Hbond substituents is 3. The molecule has 40 heteroatoms. The zero-order valence-corrected chi connectivity index (χ0v) is 69.3. The number of primary amides is 1. The van der Waals surface area contributed by atoms with Crippen LogP contribution in [0, 0.1) is 12.8 Å². The fourth-order valence-electron chi connectivity index (χ4n) is 15.0. The Kier molecular flexibility index (Phi) is 27.2. The number of likely N-dealkylation sites (N-methyl/N-ethyl adjacent to an activating group) is 1. The van der Waals surface area contributed by atoms with Gasteiger partial charge in [0.25, 0.3) is 0 Å². The number of hydrogen-bond donors (Lipinski definition) is 19. The van der Waals surface area contributed by atoms with Crippen molar-refractivity contribution in [3.8, 4) is 74.1 Å². The second-order valence-electron chi connectivity index (χ2n) is 30.8. The van der Waals surface area contributed by atoms with Crippen LogP contribution in [-0.4, -0.2) is 205 Å². The number of amides is 7. The van der Waals surface area contributed by atoms with Gasteiger partial charge in [-0.3, -0.25) is 33.6 Å². The van der Waals surface area contributed by atoms with Crippen molar-refractivity contribution in [3.05, 3.63) is 182 Å². The van der Waals surface area contributed by atoms with E-state index in [2.05, 4.69) is 57.7 Å². The van der Waals surface area contributed by atoms with Gasteiger partial charge in [0.05, 0.1) is 40.8 Å². The van der Waals surface area contributed by atoms with Crippen molar-refractivity contribution < 1.29 is 118 Å². The number of aryl methyl sites for hydroxylation is 1. The molecule has 650 valence electrons. The average Bonchev–Trinajstić information content (AvgIpc) is 0.765. The molecule has 20 N–H and O–H groups in total. The van der Waals surface area contributed by atoms with Gasteiger partial charge in [0.1, 0.15) is 89.1 Å². The standard InChI is InChI=1S/C83H87Cl3N12O24S/c1-33(2)21-49(88-6)74(109)94-64-66(103)40-14-19-53(47(85)23-40)118-55-25-42-26-56(70(55)122-81-71(69(106)68(105)57(120-81)32-123-82-96-73(108)34(3)97-98-82)121-59-30-83(5,72(107)35(4)117-59)89-31-36-7-9-37(10-8-36)38-11-16-43(84)17-12-38)119-54-20-15-41(24-48(54)86)67(104)65-79(114)93-63(80(115)116)46-27-44(99)28-52(101)60(46)45-22-39(13-18-51(45)100)61(76(111)95-65)92-77(112)62(42)91-75(110)50(29-58(87)102)90-78(64)113/h7-20,22-28,33,35,49-50,57,59,61-69,71-72,81,88-89,99-101,103-107H,21,29-32H2,1-6H3,(H2,87,102)(H,90,113)(H,91,110)(H,92,112)(H,93,114)(H,94,109)(H,95,111)(H,115,116)(H,96,98,108)/t35?,49-,50-,57?,59?,61?,62?,63+,64+,65-,66+,67+,68?,69?,71?,72?,81?,83?/m0/s1. The fraction of sp³-hybridized carbons (Fsp3) is 0.361. The molecule has 7 aromatic carbocycles. The first-order valence-electron chi connectivity index (χ1n) is 38.6. The maximum atomic E-state index is 16.4.